The van der Waals surface area contributed by atoms with Crippen LogP contribution < -0.4 is 0 Å². The van der Waals surface area contributed by atoms with Crippen molar-refractivity contribution in [3.8, 4) is 0 Å². The summed E-state index contributed by atoms with van der Waals surface area (Å²) in [6, 6.07) is 10.3. The number of carbonyl (C=O) groups excluding carboxylic acids is 1. The maximum Gasteiger partial charge on any atom is 0.305 e. The van der Waals surface area contributed by atoms with E-state index in [0.29, 0.717) is 13.0 Å². The summed E-state index contributed by atoms with van der Waals surface area (Å²) in [4.78, 5) is 11.5. The van der Waals surface area contributed by atoms with Crippen molar-refractivity contribution in [2.75, 3.05) is 6.61 Å². The molecule has 2 heteroatoms. The Kier molecular flexibility index (Phi) is 5.90. The van der Waals surface area contributed by atoms with Crippen LogP contribution in [0.15, 0.2) is 30.3 Å². The minimum absolute atomic E-state index is 0.0713. The van der Waals surface area contributed by atoms with Gasteiger partial charge in [0.1, 0.15) is 0 Å². The molecule has 0 radical (unpaired) electrons. The summed E-state index contributed by atoms with van der Waals surface area (Å²) in [6.45, 7) is 6.93. The van der Waals surface area contributed by atoms with Gasteiger partial charge < -0.3 is 4.74 Å². The SMILES string of the molecule is CC(C)(C)CCC(=O)OCCCc1ccccc1. The van der Waals surface area contributed by atoms with Gasteiger partial charge in [0.2, 0.25) is 0 Å². The summed E-state index contributed by atoms with van der Waals surface area (Å²) in [5.74, 6) is -0.0713. The molecule has 0 aliphatic carbocycles. The second-order valence-electron chi connectivity index (χ2n) is 5.87. The molecule has 0 unspecified atom stereocenters. The Balaban J connectivity index is 2.09. The highest BCUT2D eigenvalue weighted by Crippen LogP contribution is 2.20. The van der Waals surface area contributed by atoms with E-state index in [4.69, 9.17) is 4.74 Å². The summed E-state index contributed by atoms with van der Waals surface area (Å²) in [7, 11) is 0. The van der Waals surface area contributed by atoms with E-state index >= 15 is 0 Å². The lowest BCUT2D eigenvalue weighted by atomic mass is 9.91. The largest absolute Gasteiger partial charge is 0.466 e. The lowest BCUT2D eigenvalue weighted by Gasteiger charge is -2.16. The average Bonchev–Trinajstić information content (AvgIpc) is 2.33. The number of esters is 1. The summed E-state index contributed by atoms with van der Waals surface area (Å²) in [5, 5.41) is 0. The van der Waals surface area contributed by atoms with Gasteiger partial charge in [0, 0.05) is 6.42 Å². The molecule has 0 N–H and O–H groups in total. The van der Waals surface area contributed by atoms with Gasteiger partial charge in [-0.2, -0.15) is 0 Å². The van der Waals surface area contributed by atoms with E-state index in [0.717, 1.165) is 19.3 Å². The molecule has 0 saturated carbocycles. The van der Waals surface area contributed by atoms with Gasteiger partial charge in [0.25, 0.3) is 0 Å². The maximum atomic E-state index is 11.5. The van der Waals surface area contributed by atoms with Gasteiger partial charge >= 0.3 is 5.97 Å². The maximum absolute atomic E-state index is 11.5. The molecule has 0 amide bonds. The first-order valence-electron chi connectivity index (χ1n) is 6.67. The van der Waals surface area contributed by atoms with E-state index in [1.165, 1.54) is 5.56 Å². The second kappa shape index (κ2) is 7.20. The molecule has 0 saturated heterocycles. The number of aryl methyl sites for hydroxylation is 1. The molecule has 100 valence electrons. The standard InChI is InChI=1S/C16H24O2/c1-16(2,3)12-11-15(17)18-13-7-10-14-8-5-4-6-9-14/h4-6,8-9H,7,10-13H2,1-3H3. The Morgan fingerprint density at radius 3 is 2.44 bits per heavy atom. The molecule has 0 atom stereocenters. The van der Waals surface area contributed by atoms with E-state index in [1.807, 2.05) is 18.2 Å². The zero-order valence-electron chi connectivity index (χ0n) is 11.7. The molecule has 0 fully saturated rings. The smallest absolute Gasteiger partial charge is 0.305 e. The van der Waals surface area contributed by atoms with Crippen LogP contribution in [0, 0.1) is 5.41 Å². The second-order valence-corrected chi connectivity index (χ2v) is 5.87. The minimum Gasteiger partial charge on any atom is -0.466 e. The highest BCUT2D eigenvalue weighted by molar-refractivity contribution is 5.69. The molecule has 1 aromatic carbocycles. The van der Waals surface area contributed by atoms with Crippen molar-refractivity contribution in [1.82, 2.24) is 0 Å². The number of benzene rings is 1. The van der Waals surface area contributed by atoms with Crippen LogP contribution in [-0.4, -0.2) is 12.6 Å². The van der Waals surface area contributed by atoms with Crippen LogP contribution in [0.2, 0.25) is 0 Å². The Morgan fingerprint density at radius 2 is 1.83 bits per heavy atom. The van der Waals surface area contributed by atoms with Crippen LogP contribution in [0.4, 0.5) is 0 Å². The molecule has 1 rings (SSSR count). The molecule has 1 aromatic rings. The monoisotopic (exact) mass is 248 g/mol. The van der Waals surface area contributed by atoms with Crippen molar-refractivity contribution < 1.29 is 9.53 Å². The van der Waals surface area contributed by atoms with Crippen molar-refractivity contribution in [1.29, 1.82) is 0 Å². The lowest BCUT2D eigenvalue weighted by molar-refractivity contribution is -0.144. The first kappa shape index (κ1) is 14.7. The van der Waals surface area contributed by atoms with Crippen LogP contribution in [-0.2, 0) is 16.0 Å². The Hall–Kier alpha value is -1.31. The summed E-state index contributed by atoms with van der Waals surface area (Å²) < 4.78 is 5.22. The highest BCUT2D eigenvalue weighted by Gasteiger charge is 2.13. The number of rotatable bonds is 6. The minimum atomic E-state index is -0.0713. The van der Waals surface area contributed by atoms with E-state index in [2.05, 4.69) is 32.9 Å². The predicted octanol–water partition coefficient (Wildman–Crippen LogP) is 3.99. The molecule has 18 heavy (non-hydrogen) atoms. The van der Waals surface area contributed by atoms with Crippen molar-refractivity contribution >= 4 is 5.97 Å². The van der Waals surface area contributed by atoms with Gasteiger partial charge in [-0.1, -0.05) is 51.1 Å². The number of hydrogen-bond donors (Lipinski definition) is 0. The van der Waals surface area contributed by atoms with Gasteiger partial charge in [-0.15, -0.1) is 0 Å². The quantitative estimate of drug-likeness (QED) is 0.562. The molecule has 0 aromatic heterocycles. The Morgan fingerprint density at radius 1 is 1.17 bits per heavy atom. The number of ether oxygens (including phenoxy) is 1. The number of hydrogen-bond acceptors (Lipinski definition) is 2. The van der Waals surface area contributed by atoms with Crippen LogP contribution in [0.3, 0.4) is 0 Å². The molecular weight excluding hydrogens is 224 g/mol. The third kappa shape index (κ3) is 7.10. The first-order chi connectivity index (χ1) is 8.47. The van der Waals surface area contributed by atoms with Crippen LogP contribution in [0.25, 0.3) is 0 Å². The van der Waals surface area contributed by atoms with Gasteiger partial charge in [0.15, 0.2) is 0 Å². The summed E-state index contributed by atoms with van der Waals surface area (Å²) in [6.07, 6.45) is 3.26. The third-order valence-electron chi connectivity index (χ3n) is 2.79. The van der Waals surface area contributed by atoms with E-state index in [1.54, 1.807) is 0 Å². The van der Waals surface area contributed by atoms with Crippen molar-refractivity contribution in [3.05, 3.63) is 35.9 Å². The first-order valence-corrected chi connectivity index (χ1v) is 6.67. The predicted molar refractivity (Wildman–Crippen MR) is 74.4 cm³/mol. The van der Waals surface area contributed by atoms with Crippen LogP contribution in [0.1, 0.15) is 45.6 Å². The zero-order chi connectivity index (χ0) is 13.4. The third-order valence-corrected chi connectivity index (χ3v) is 2.79. The summed E-state index contributed by atoms with van der Waals surface area (Å²) in [5.41, 5.74) is 1.49. The van der Waals surface area contributed by atoms with E-state index < -0.39 is 0 Å². The van der Waals surface area contributed by atoms with Crippen LogP contribution >= 0.6 is 0 Å². The fourth-order valence-corrected chi connectivity index (χ4v) is 1.66. The molecular formula is C16H24O2. The zero-order valence-corrected chi connectivity index (χ0v) is 11.7. The van der Waals surface area contributed by atoms with Gasteiger partial charge in [-0.3, -0.25) is 4.79 Å². The topological polar surface area (TPSA) is 26.3 Å². The normalized spacial score (nSPS) is 11.3. The Bertz CT molecular complexity index is 349. The van der Waals surface area contributed by atoms with Crippen molar-refractivity contribution in [2.45, 2.75) is 46.5 Å². The molecule has 0 aliphatic rings. The average molecular weight is 248 g/mol. The molecule has 2 nitrogen and oxygen atoms in total. The van der Waals surface area contributed by atoms with Gasteiger partial charge in [0.05, 0.1) is 6.61 Å². The molecule has 0 aliphatic heterocycles. The number of carbonyl (C=O) groups is 1. The van der Waals surface area contributed by atoms with Gasteiger partial charge in [-0.05, 0) is 30.2 Å². The summed E-state index contributed by atoms with van der Waals surface area (Å²) >= 11 is 0. The van der Waals surface area contributed by atoms with E-state index in [9.17, 15) is 4.79 Å². The Labute approximate surface area is 110 Å². The van der Waals surface area contributed by atoms with Crippen molar-refractivity contribution in [2.24, 2.45) is 5.41 Å². The van der Waals surface area contributed by atoms with Crippen LogP contribution in [0.5, 0.6) is 0 Å². The van der Waals surface area contributed by atoms with E-state index in [-0.39, 0.29) is 11.4 Å². The van der Waals surface area contributed by atoms with Crippen molar-refractivity contribution in [3.63, 3.8) is 0 Å². The van der Waals surface area contributed by atoms with Gasteiger partial charge in [-0.25, -0.2) is 0 Å². The molecule has 0 spiro atoms. The molecule has 0 heterocycles. The fraction of sp³-hybridized carbons (Fsp3) is 0.562. The highest BCUT2D eigenvalue weighted by atomic mass is 16.5. The fourth-order valence-electron chi connectivity index (χ4n) is 1.66. The molecule has 0 bridgehead atoms. The lowest BCUT2D eigenvalue weighted by Crippen LogP contribution is -2.12.